The highest BCUT2D eigenvalue weighted by Crippen LogP contribution is 2.36. The maximum atomic E-state index is 12.4. The molecule has 0 radical (unpaired) electrons. The van der Waals surface area contributed by atoms with E-state index in [2.05, 4.69) is 22.3 Å². The lowest BCUT2D eigenvalue weighted by Gasteiger charge is -2.22. The van der Waals surface area contributed by atoms with Crippen molar-refractivity contribution in [3.63, 3.8) is 0 Å². The molecule has 2 heterocycles. The maximum absolute atomic E-state index is 12.4. The highest BCUT2D eigenvalue weighted by Gasteiger charge is 2.30. The van der Waals surface area contributed by atoms with E-state index in [4.69, 9.17) is 4.98 Å². The molecular weight excluding hydrogens is 330 g/mol. The summed E-state index contributed by atoms with van der Waals surface area (Å²) in [6.07, 6.45) is 2.18. The van der Waals surface area contributed by atoms with Crippen LogP contribution in [0.2, 0.25) is 0 Å². The van der Waals surface area contributed by atoms with Crippen molar-refractivity contribution in [3.05, 3.63) is 59.1 Å². The van der Waals surface area contributed by atoms with Gasteiger partial charge in [0, 0.05) is 5.69 Å². The standard InChI is InChI=1S/C20H21N3OS/c1-14-8-10-15(11-9-14)21-19(24)13-23-12-4-6-17(23)20-22-16-5-2-3-7-18(16)25-20/h2-3,5,7-11,17H,4,6,12-13H2,1H3,(H,21,24). The van der Waals surface area contributed by atoms with Crippen molar-refractivity contribution in [2.75, 3.05) is 18.4 Å². The number of nitrogens with one attached hydrogen (secondary N) is 1. The first-order valence-electron chi connectivity index (χ1n) is 8.65. The van der Waals surface area contributed by atoms with Crippen LogP contribution in [0.3, 0.4) is 0 Å². The van der Waals surface area contributed by atoms with Gasteiger partial charge in [-0.25, -0.2) is 4.98 Å². The molecule has 0 bridgehead atoms. The Hall–Kier alpha value is -2.24. The third-order valence-corrected chi connectivity index (χ3v) is 5.78. The van der Waals surface area contributed by atoms with Gasteiger partial charge in [-0.1, -0.05) is 29.8 Å². The van der Waals surface area contributed by atoms with Crippen LogP contribution in [0.4, 0.5) is 5.69 Å². The van der Waals surface area contributed by atoms with E-state index in [9.17, 15) is 4.79 Å². The lowest BCUT2D eigenvalue weighted by atomic mass is 10.2. The van der Waals surface area contributed by atoms with Crippen LogP contribution in [0.1, 0.15) is 29.5 Å². The van der Waals surface area contributed by atoms with Crippen molar-refractivity contribution in [2.24, 2.45) is 0 Å². The highest BCUT2D eigenvalue weighted by molar-refractivity contribution is 7.18. The summed E-state index contributed by atoms with van der Waals surface area (Å²) in [7, 11) is 0. The van der Waals surface area contributed by atoms with E-state index in [1.54, 1.807) is 11.3 Å². The molecule has 0 aliphatic carbocycles. The van der Waals surface area contributed by atoms with Gasteiger partial charge in [0.2, 0.25) is 5.91 Å². The Morgan fingerprint density at radius 1 is 1.24 bits per heavy atom. The second-order valence-corrected chi connectivity index (χ2v) is 7.62. The van der Waals surface area contributed by atoms with Gasteiger partial charge in [0.25, 0.3) is 0 Å². The summed E-state index contributed by atoms with van der Waals surface area (Å²) in [6, 6.07) is 16.4. The number of hydrogen-bond acceptors (Lipinski definition) is 4. The van der Waals surface area contributed by atoms with Crippen molar-refractivity contribution in [3.8, 4) is 0 Å². The zero-order valence-electron chi connectivity index (χ0n) is 14.2. The van der Waals surface area contributed by atoms with Crippen LogP contribution in [-0.4, -0.2) is 28.9 Å². The molecule has 1 aliphatic heterocycles. The highest BCUT2D eigenvalue weighted by atomic mass is 32.1. The number of hydrogen-bond donors (Lipinski definition) is 1. The second kappa shape index (κ2) is 6.94. The first-order chi connectivity index (χ1) is 12.2. The first-order valence-corrected chi connectivity index (χ1v) is 9.47. The van der Waals surface area contributed by atoms with Crippen LogP contribution in [0.15, 0.2) is 48.5 Å². The van der Waals surface area contributed by atoms with Crippen molar-refractivity contribution < 1.29 is 4.79 Å². The number of thiazole rings is 1. The summed E-state index contributed by atoms with van der Waals surface area (Å²) < 4.78 is 1.22. The van der Waals surface area contributed by atoms with E-state index in [1.165, 1.54) is 10.3 Å². The zero-order valence-corrected chi connectivity index (χ0v) is 15.1. The Morgan fingerprint density at radius 3 is 2.84 bits per heavy atom. The largest absolute Gasteiger partial charge is 0.325 e. The van der Waals surface area contributed by atoms with Gasteiger partial charge >= 0.3 is 0 Å². The Labute approximate surface area is 151 Å². The number of aromatic nitrogens is 1. The smallest absolute Gasteiger partial charge is 0.238 e. The van der Waals surface area contributed by atoms with Crippen molar-refractivity contribution in [2.45, 2.75) is 25.8 Å². The van der Waals surface area contributed by atoms with Gasteiger partial charge in [-0.2, -0.15) is 0 Å². The predicted molar refractivity (Wildman–Crippen MR) is 103 cm³/mol. The molecule has 1 unspecified atom stereocenters. The Morgan fingerprint density at radius 2 is 2.04 bits per heavy atom. The molecule has 128 valence electrons. The summed E-state index contributed by atoms with van der Waals surface area (Å²) in [5.74, 6) is 0.0388. The number of aryl methyl sites for hydroxylation is 1. The normalized spacial score (nSPS) is 17.9. The molecule has 1 amide bonds. The summed E-state index contributed by atoms with van der Waals surface area (Å²) in [5.41, 5.74) is 3.10. The number of amides is 1. The van der Waals surface area contributed by atoms with E-state index in [0.29, 0.717) is 6.54 Å². The lowest BCUT2D eigenvalue weighted by molar-refractivity contribution is -0.117. The second-order valence-electron chi connectivity index (χ2n) is 6.56. The Kier molecular flexibility index (Phi) is 4.51. The van der Waals surface area contributed by atoms with Gasteiger partial charge in [0.15, 0.2) is 0 Å². The number of para-hydroxylation sites is 1. The van der Waals surface area contributed by atoms with E-state index in [-0.39, 0.29) is 11.9 Å². The molecule has 1 fully saturated rings. The van der Waals surface area contributed by atoms with Crippen LogP contribution < -0.4 is 5.32 Å². The Balaban J connectivity index is 1.45. The average molecular weight is 351 g/mol. The summed E-state index contributed by atoms with van der Waals surface area (Å²) in [4.78, 5) is 19.5. The third-order valence-electron chi connectivity index (χ3n) is 4.64. The molecule has 1 aliphatic rings. The molecule has 25 heavy (non-hydrogen) atoms. The summed E-state index contributed by atoms with van der Waals surface area (Å²) >= 11 is 1.75. The monoisotopic (exact) mass is 351 g/mol. The van der Waals surface area contributed by atoms with E-state index >= 15 is 0 Å². The fourth-order valence-electron chi connectivity index (χ4n) is 3.35. The molecule has 4 nitrogen and oxygen atoms in total. The lowest BCUT2D eigenvalue weighted by Crippen LogP contribution is -2.32. The molecule has 1 atom stereocenters. The molecule has 1 saturated heterocycles. The Bertz CT molecular complexity index is 854. The van der Waals surface area contributed by atoms with Gasteiger partial charge in [-0.3, -0.25) is 9.69 Å². The molecule has 1 N–H and O–H groups in total. The summed E-state index contributed by atoms with van der Waals surface area (Å²) in [5, 5.41) is 4.12. The quantitative estimate of drug-likeness (QED) is 0.759. The van der Waals surface area contributed by atoms with E-state index in [1.807, 2.05) is 43.3 Å². The van der Waals surface area contributed by atoms with E-state index in [0.717, 1.165) is 35.6 Å². The molecule has 2 aromatic carbocycles. The first kappa shape index (κ1) is 16.2. The maximum Gasteiger partial charge on any atom is 0.238 e. The van der Waals surface area contributed by atoms with E-state index < -0.39 is 0 Å². The molecular formula is C20H21N3OS. The van der Waals surface area contributed by atoms with Gasteiger partial charge in [0.05, 0.1) is 22.8 Å². The van der Waals surface area contributed by atoms with Crippen LogP contribution >= 0.6 is 11.3 Å². The van der Waals surface area contributed by atoms with Gasteiger partial charge < -0.3 is 5.32 Å². The fraction of sp³-hybridized carbons (Fsp3) is 0.300. The number of rotatable bonds is 4. The minimum atomic E-state index is 0.0388. The number of fused-ring (bicyclic) bond motifs is 1. The topological polar surface area (TPSA) is 45.2 Å². The van der Waals surface area contributed by atoms with Crippen LogP contribution in [0.25, 0.3) is 10.2 Å². The summed E-state index contributed by atoms with van der Waals surface area (Å²) in [6.45, 7) is 3.40. The number of benzene rings is 2. The van der Waals surface area contributed by atoms with Crippen LogP contribution in [-0.2, 0) is 4.79 Å². The molecule has 0 spiro atoms. The third kappa shape index (κ3) is 3.57. The van der Waals surface area contributed by atoms with Crippen molar-refractivity contribution in [1.29, 1.82) is 0 Å². The molecule has 0 saturated carbocycles. The number of nitrogens with zero attached hydrogens (tertiary/aromatic N) is 2. The number of anilines is 1. The molecule has 1 aromatic heterocycles. The average Bonchev–Trinajstić information content (AvgIpc) is 3.22. The van der Waals surface area contributed by atoms with Gasteiger partial charge in [0.1, 0.15) is 5.01 Å². The molecule has 5 heteroatoms. The number of carbonyl (C=O) groups is 1. The van der Waals surface area contributed by atoms with Gasteiger partial charge in [-0.15, -0.1) is 11.3 Å². The van der Waals surface area contributed by atoms with Crippen LogP contribution in [0, 0.1) is 6.92 Å². The number of carbonyl (C=O) groups excluding carboxylic acids is 1. The fourth-order valence-corrected chi connectivity index (χ4v) is 4.49. The SMILES string of the molecule is Cc1ccc(NC(=O)CN2CCCC2c2nc3ccccc3s2)cc1. The molecule has 4 rings (SSSR count). The van der Waals surface area contributed by atoms with Gasteiger partial charge in [-0.05, 0) is 50.6 Å². The van der Waals surface area contributed by atoms with Crippen molar-refractivity contribution >= 4 is 33.1 Å². The number of likely N-dealkylation sites (tertiary alicyclic amines) is 1. The molecule has 3 aromatic rings. The zero-order chi connectivity index (χ0) is 17.2. The van der Waals surface area contributed by atoms with Crippen LogP contribution in [0.5, 0.6) is 0 Å². The predicted octanol–water partition coefficient (Wildman–Crippen LogP) is 4.38. The minimum Gasteiger partial charge on any atom is -0.325 e. The minimum absolute atomic E-state index is 0.0388. The van der Waals surface area contributed by atoms with Crippen molar-refractivity contribution in [1.82, 2.24) is 9.88 Å².